The minimum atomic E-state index is -1.01. The summed E-state index contributed by atoms with van der Waals surface area (Å²) in [6.45, 7) is 11.4. The van der Waals surface area contributed by atoms with Gasteiger partial charge in [-0.25, -0.2) is 0 Å². The van der Waals surface area contributed by atoms with Crippen LogP contribution in [0.3, 0.4) is 0 Å². The Hall–Kier alpha value is -1.62. The lowest BCUT2D eigenvalue weighted by Crippen LogP contribution is -2.42. The zero-order valence-corrected chi connectivity index (χ0v) is 14.6. The van der Waals surface area contributed by atoms with Crippen LogP contribution in [0.5, 0.6) is 0 Å². The summed E-state index contributed by atoms with van der Waals surface area (Å²) in [6.07, 6.45) is 4.27. The first kappa shape index (κ1) is 18.7. The van der Waals surface area contributed by atoms with Gasteiger partial charge in [-0.15, -0.1) is 6.58 Å². The van der Waals surface area contributed by atoms with Crippen molar-refractivity contribution in [1.29, 1.82) is 0 Å². The fraction of sp³-hybridized carbons (Fsp3) is 0.684. The summed E-state index contributed by atoms with van der Waals surface area (Å²) in [7, 11) is 0. The molecule has 1 aliphatic heterocycles. The number of aliphatic hydroxyl groups is 1. The second-order valence-electron chi connectivity index (χ2n) is 7.47. The Balaban J connectivity index is 2.38. The van der Waals surface area contributed by atoms with E-state index in [0.29, 0.717) is 37.7 Å². The SMILES string of the molecule is C=CC1C[C@@](CC)([C@@H]2CC[C@@](C)(O)C(=C)CC2CC(=O)O)OC1=O. The quantitative estimate of drug-likeness (QED) is 0.458. The maximum Gasteiger partial charge on any atom is 0.313 e. The smallest absolute Gasteiger partial charge is 0.313 e. The third-order valence-electron chi connectivity index (χ3n) is 5.95. The maximum absolute atomic E-state index is 12.2. The van der Waals surface area contributed by atoms with Crippen LogP contribution in [0, 0.1) is 17.8 Å². The van der Waals surface area contributed by atoms with Gasteiger partial charge >= 0.3 is 11.9 Å². The molecule has 1 heterocycles. The number of esters is 1. The highest BCUT2D eigenvalue weighted by molar-refractivity contribution is 5.77. The lowest BCUT2D eigenvalue weighted by atomic mass is 9.70. The summed E-state index contributed by atoms with van der Waals surface area (Å²) >= 11 is 0. The lowest BCUT2D eigenvalue weighted by Gasteiger charge is -2.39. The van der Waals surface area contributed by atoms with Gasteiger partial charge < -0.3 is 14.9 Å². The average molecular weight is 336 g/mol. The van der Waals surface area contributed by atoms with Crippen molar-refractivity contribution in [1.82, 2.24) is 0 Å². The number of carbonyl (C=O) groups excluding carboxylic acids is 1. The Morgan fingerprint density at radius 3 is 2.67 bits per heavy atom. The van der Waals surface area contributed by atoms with Crippen LogP contribution in [0.25, 0.3) is 0 Å². The summed E-state index contributed by atoms with van der Waals surface area (Å²) in [6, 6.07) is 0. The van der Waals surface area contributed by atoms with E-state index in [1.807, 2.05) is 6.92 Å². The number of carboxylic acid groups (broad SMARTS) is 1. The third-order valence-corrected chi connectivity index (χ3v) is 5.95. The summed E-state index contributed by atoms with van der Waals surface area (Å²) in [5.41, 5.74) is -1.04. The lowest BCUT2D eigenvalue weighted by molar-refractivity contribution is -0.157. The van der Waals surface area contributed by atoms with E-state index in [4.69, 9.17) is 4.74 Å². The largest absolute Gasteiger partial charge is 0.481 e. The van der Waals surface area contributed by atoms with Gasteiger partial charge in [-0.1, -0.05) is 19.6 Å². The average Bonchev–Trinajstić information content (AvgIpc) is 2.78. The topological polar surface area (TPSA) is 83.8 Å². The molecule has 0 aromatic rings. The van der Waals surface area contributed by atoms with Crippen molar-refractivity contribution < 1.29 is 24.5 Å². The second-order valence-corrected chi connectivity index (χ2v) is 7.47. The molecule has 0 amide bonds. The number of carbonyl (C=O) groups is 2. The van der Waals surface area contributed by atoms with Crippen molar-refractivity contribution in [2.75, 3.05) is 0 Å². The van der Waals surface area contributed by atoms with E-state index in [0.717, 1.165) is 0 Å². The number of carboxylic acids is 1. The molecule has 2 aliphatic rings. The monoisotopic (exact) mass is 336 g/mol. The van der Waals surface area contributed by atoms with Crippen LogP contribution in [0.1, 0.15) is 52.4 Å². The Labute approximate surface area is 143 Å². The number of ether oxygens (including phenoxy) is 1. The van der Waals surface area contributed by atoms with Crippen LogP contribution in [0.2, 0.25) is 0 Å². The van der Waals surface area contributed by atoms with Crippen molar-refractivity contribution in [2.45, 2.75) is 63.6 Å². The van der Waals surface area contributed by atoms with E-state index < -0.39 is 17.2 Å². The highest BCUT2D eigenvalue weighted by Crippen LogP contribution is 2.50. The normalized spacial score (nSPS) is 40.0. The molecule has 1 aliphatic carbocycles. The molecular formula is C19H28O5. The first-order valence-electron chi connectivity index (χ1n) is 8.63. The van der Waals surface area contributed by atoms with Gasteiger partial charge in [0.1, 0.15) is 5.60 Å². The van der Waals surface area contributed by atoms with Crippen LogP contribution < -0.4 is 0 Å². The summed E-state index contributed by atoms with van der Waals surface area (Å²) < 4.78 is 5.80. The summed E-state index contributed by atoms with van der Waals surface area (Å²) in [5.74, 6) is -1.83. The van der Waals surface area contributed by atoms with Gasteiger partial charge in [0, 0.05) is 18.8 Å². The van der Waals surface area contributed by atoms with Crippen LogP contribution in [0.15, 0.2) is 24.8 Å². The highest BCUT2D eigenvalue weighted by Gasteiger charge is 2.53. The molecule has 0 radical (unpaired) electrons. The van der Waals surface area contributed by atoms with Crippen molar-refractivity contribution in [2.24, 2.45) is 17.8 Å². The predicted molar refractivity (Wildman–Crippen MR) is 90.3 cm³/mol. The first-order chi connectivity index (χ1) is 11.1. The summed E-state index contributed by atoms with van der Waals surface area (Å²) in [4.78, 5) is 23.5. The van der Waals surface area contributed by atoms with Gasteiger partial charge in [-0.3, -0.25) is 9.59 Å². The predicted octanol–water partition coefficient (Wildman–Crippen LogP) is 3.08. The molecule has 0 aromatic heterocycles. The molecule has 1 saturated carbocycles. The summed E-state index contributed by atoms with van der Waals surface area (Å²) in [5, 5.41) is 19.9. The molecule has 2 fully saturated rings. The van der Waals surface area contributed by atoms with Crippen LogP contribution in [-0.2, 0) is 14.3 Å². The fourth-order valence-corrected chi connectivity index (χ4v) is 4.32. The minimum absolute atomic E-state index is 0.0160. The molecule has 5 nitrogen and oxygen atoms in total. The molecule has 134 valence electrons. The van der Waals surface area contributed by atoms with Crippen LogP contribution >= 0.6 is 0 Å². The molecule has 1 saturated heterocycles. The number of hydrogen-bond donors (Lipinski definition) is 2. The first-order valence-corrected chi connectivity index (χ1v) is 8.63. The minimum Gasteiger partial charge on any atom is -0.481 e. The van der Waals surface area contributed by atoms with Gasteiger partial charge in [0.25, 0.3) is 0 Å². The zero-order chi connectivity index (χ0) is 18.1. The number of rotatable bonds is 5. The number of hydrogen-bond acceptors (Lipinski definition) is 4. The molecule has 0 spiro atoms. The molecule has 2 unspecified atom stereocenters. The van der Waals surface area contributed by atoms with Crippen molar-refractivity contribution in [3.05, 3.63) is 24.8 Å². The standard InChI is InChI=1S/C19H28O5/c1-5-13-11-19(6-2,24-17(13)22)15-7-8-18(4,23)12(3)9-14(15)10-16(20)21/h5,13-15,23H,1,3,6-11H2,2,4H3,(H,20,21)/t13?,14?,15-,18-,19+/m1/s1. The highest BCUT2D eigenvalue weighted by atomic mass is 16.6. The van der Waals surface area contributed by atoms with E-state index in [-0.39, 0.29) is 30.1 Å². The Kier molecular flexibility index (Phi) is 5.23. The fourth-order valence-electron chi connectivity index (χ4n) is 4.32. The van der Waals surface area contributed by atoms with Gasteiger partial charge in [-0.2, -0.15) is 0 Å². The van der Waals surface area contributed by atoms with Crippen LogP contribution in [0.4, 0.5) is 0 Å². The molecule has 24 heavy (non-hydrogen) atoms. The van der Waals surface area contributed by atoms with Crippen molar-refractivity contribution in [3.8, 4) is 0 Å². The van der Waals surface area contributed by atoms with E-state index in [1.54, 1.807) is 13.0 Å². The van der Waals surface area contributed by atoms with Gasteiger partial charge in [0.2, 0.25) is 0 Å². The molecule has 5 atom stereocenters. The Morgan fingerprint density at radius 1 is 1.50 bits per heavy atom. The van der Waals surface area contributed by atoms with Gasteiger partial charge in [-0.05, 0) is 44.1 Å². The van der Waals surface area contributed by atoms with E-state index in [1.165, 1.54) is 0 Å². The number of aliphatic carboxylic acids is 1. The maximum atomic E-state index is 12.2. The zero-order valence-electron chi connectivity index (χ0n) is 14.6. The Morgan fingerprint density at radius 2 is 2.17 bits per heavy atom. The van der Waals surface area contributed by atoms with E-state index in [2.05, 4.69) is 13.2 Å². The molecule has 5 heteroatoms. The van der Waals surface area contributed by atoms with E-state index in [9.17, 15) is 19.8 Å². The van der Waals surface area contributed by atoms with Gasteiger partial charge in [0.05, 0.1) is 11.5 Å². The molecule has 2 N–H and O–H groups in total. The molecular weight excluding hydrogens is 308 g/mol. The second kappa shape index (κ2) is 6.71. The number of cyclic esters (lactones) is 1. The molecule has 2 rings (SSSR count). The Bertz CT molecular complexity index is 550. The van der Waals surface area contributed by atoms with E-state index >= 15 is 0 Å². The van der Waals surface area contributed by atoms with Crippen molar-refractivity contribution >= 4 is 11.9 Å². The molecule has 0 aromatic carbocycles. The third kappa shape index (κ3) is 3.41. The van der Waals surface area contributed by atoms with Crippen LogP contribution in [-0.4, -0.2) is 33.4 Å². The van der Waals surface area contributed by atoms with Crippen molar-refractivity contribution in [3.63, 3.8) is 0 Å². The molecule has 0 bridgehead atoms. The van der Waals surface area contributed by atoms with Gasteiger partial charge in [0.15, 0.2) is 0 Å².